The van der Waals surface area contributed by atoms with Crippen molar-refractivity contribution in [2.75, 3.05) is 6.61 Å². The van der Waals surface area contributed by atoms with E-state index in [-0.39, 0.29) is 10.8 Å². The molecule has 0 fully saturated rings. The molecule has 0 N–H and O–H groups in total. The van der Waals surface area contributed by atoms with Crippen LogP contribution in [0.25, 0.3) is 16.6 Å². The van der Waals surface area contributed by atoms with Gasteiger partial charge in [-0.05, 0) is 42.3 Å². The van der Waals surface area contributed by atoms with Gasteiger partial charge in [-0.25, -0.2) is 12.7 Å². The zero-order valence-electron chi connectivity index (χ0n) is 18.9. The summed E-state index contributed by atoms with van der Waals surface area (Å²) in [7, 11) is -4.01. The standard InChI is InChI=1S/C27H26N2O4S/c1-2-16-33-26-19-22(24-13-8-17-32-24)18-23(20-9-4-3-5-10-20)29(26)34(30,31)25-14-6-11-21-12-7-15-28-27(21)25/h3-15,17-18,22,26H,2,16,19H2,1H3/t22-,26-/m1/s1. The molecule has 2 aromatic carbocycles. The Morgan fingerprint density at radius 3 is 2.62 bits per heavy atom. The molecule has 34 heavy (non-hydrogen) atoms. The summed E-state index contributed by atoms with van der Waals surface area (Å²) in [6.07, 6.45) is 5.74. The number of ether oxygens (including phenoxy) is 1. The number of benzene rings is 2. The second kappa shape index (κ2) is 9.44. The normalized spacial score (nSPS) is 18.7. The molecule has 0 bridgehead atoms. The average molecular weight is 475 g/mol. The van der Waals surface area contributed by atoms with Crippen LogP contribution in [-0.4, -0.2) is 30.5 Å². The van der Waals surface area contributed by atoms with Gasteiger partial charge in [0.15, 0.2) is 0 Å². The van der Waals surface area contributed by atoms with Crippen molar-refractivity contribution >= 4 is 26.6 Å². The lowest BCUT2D eigenvalue weighted by molar-refractivity contribution is -0.0107. The highest BCUT2D eigenvalue weighted by Crippen LogP contribution is 2.41. The number of furan rings is 1. The van der Waals surface area contributed by atoms with Crippen LogP contribution < -0.4 is 0 Å². The summed E-state index contributed by atoms with van der Waals surface area (Å²) in [6, 6.07) is 22.2. The highest BCUT2D eigenvalue weighted by Gasteiger charge is 2.40. The Bertz CT molecular complexity index is 1390. The van der Waals surface area contributed by atoms with Gasteiger partial charge < -0.3 is 9.15 Å². The SMILES string of the molecule is CCCO[C@@H]1C[C@H](c2ccco2)C=C(c2ccccc2)N1S(=O)(=O)c1cccc2cccnc12. The Morgan fingerprint density at radius 1 is 1.03 bits per heavy atom. The van der Waals surface area contributed by atoms with Crippen LogP contribution in [0.1, 0.15) is 37.0 Å². The van der Waals surface area contributed by atoms with Crippen LogP contribution >= 0.6 is 0 Å². The summed E-state index contributed by atoms with van der Waals surface area (Å²) < 4.78 is 41.9. The predicted octanol–water partition coefficient (Wildman–Crippen LogP) is 5.80. The van der Waals surface area contributed by atoms with Gasteiger partial charge in [-0.2, -0.15) is 0 Å². The third-order valence-corrected chi connectivity index (χ3v) is 7.77. The summed E-state index contributed by atoms with van der Waals surface area (Å²) in [6.45, 7) is 2.45. The van der Waals surface area contributed by atoms with Crippen LogP contribution in [0.2, 0.25) is 0 Å². The Hall–Kier alpha value is -3.42. The maximum Gasteiger partial charge on any atom is 0.268 e. The molecular weight excluding hydrogens is 448 g/mol. The Kier molecular flexibility index (Phi) is 6.22. The number of hydrogen-bond acceptors (Lipinski definition) is 5. The molecule has 0 aliphatic carbocycles. The summed E-state index contributed by atoms with van der Waals surface area (Å²) in [5.74, 6) is 0.659. The van der Waals surface area contributed by atoms with Crippen molar-refractivity contribution in [1.82, 2.24) is 9.29 Å². The molecule has 174 valence electrons. The molecule has 6 nitrogen and oxygen atoms in total. The molecule has 1 aliphatic rings. The van der Waals surface area contributed by atoms with E-state index in [4.69, 9.17) is 9.15 Å². The number of aromatic nitrogens is 1. The monoisotopic (exact) mass is 474 g/mol. The van der Waals surface area contributed by atoms with Crippen LogP contribution in [0, 0.1) is 0 Å². The Balaban J connectivity index is 1.71. The van der Waals surface area contributed by atoms with Crippen molar-refractivity contribution in [1.29, 1.82) is 0 Å². The van der Waals surface area contributed by atoms with Crippen molar-refractivity contribution < 1.29 is 17.6 Å². The third-order valence-electron chi connectivity index (χ3n) is 5.94. The fourth-order valence-electron chi connectivity index (χ4n) is 4.40. The lowest BCUT2D eigenvalue weighted by Crippen LogP contribution is -2.44. The van der Waals surface area contributed by atoms with E-state index in [0.717, 1.165) is 23.1 Å². The van der Waals surface area contributed by atoms with Gasteiger partial charge in [-0.15, -0.1) is 0 Å². The zero-order chi connectivity index (χ0) is 23.5. The number of nitrogens with zero attached hydrogens (tertiary/aromatic N) is 2. The molecule has 0 spiro atoms. The minimum Gasteiger partial charge on any atom is -0.469 e. The van der Waals surface area contributed by atoms with E-state index in [1.54, 1.807) is 30.7 Å². The summed E-state index contributed by atoms with van der Waals surface area (Å²) >= 11 is 0. The van der Waals surface area contributed by atoms with Crippen LogP contribution in [0.15, 0.2) is 101 Å². The molecule has 4 aromatic rings. The number of fused-ring (bicyclic) bond motifs is 1. The fourth-order valence-corrected chi connectivity index (χ4v) is 6.16. The number of allylic oxidation sites excluding steroid dienone is 1. The smallest absolute Gasteiger partial charge is 0.268 e. The molecule has 2 aromatic heterocycles. The average Bonchev–Trinajstić information content (AvgIpc) is 3.42. The highest BCUT2D eigenvalue weighted by atomic mass is 32.2. The van der Waals surface area contributed by atoms with Crippen LogP contribution in [0.3, 0.4) is 0 Å². The van der Waals surface area contributed by atoms with Gasteiger partial charge in [0.25, 0.3) is 10.0 Å². The summed E-state index contributed by atoms with van der Waals surface area (Å²) in [4.78, 5) is 4.56. The summed E-state index contributed by atoms with van der Waals surface area (Å²) in [5, 5.41) is 0.769. The Morgan fingerprint density at radius 2 is 1.85 bits per heavy atom. The van der Waals surface area contributed by atoms with E-state index in [1.165, 1.54) is 4.31 Å². The molecule has 1 aliphatic heterocycles. The molecule has 7 heteroatoms. The van der Waals surface area contributed by atoms with Crippen molar-refractivity contribution in [2.24, 2.45) is 0 Å². The number of pyridine rings is 1. The van der Waals surface area contributed by atoms with Crippen molar-refractivity contribution in [2.45, 2.75) is 36.8 Å². The molecule has 5 rings (SSSR count). The van der Waals surface area contributed by atoms with E-state index >= 15 is 0 Å². The first-order chi connectivity index (χ1) is 16.6. The molecule has 0 amide bonds. The lowest BCUT2D eigenvalue weighted by atomic mass is 9.94. The topological polar surface area (TPSA) is 72.6 Å². The number of sulfonamides is 1. The number of para-hydroxylation sites is 1. The first-order valence-corrected chi connectivity index (χ1v) is 12.8. The van der Waals surface area contributed by atoms with Gasteiger partial charge in [0, 0.05) is 30.5 Å². The van der Waals surface area contributed by atoms with Gasteiger partial charge in [-0.3, -0.25) is 4.98 Å². The third kappa shape index (κ3) is 4.13. The minimum absolute atomic E-state index is 0.121. The number of rotatable bonds is 7. The van der Waals surface area contributed by atoms with Gasteiger partial charge >= 0.3 is 0 Å². The van der Waals surface area contributed by atoms with Crippen molar-refractivity contribution in [3.63, 3.8) is 0 Å². The van der Waals surface area contributed by atoms with Gasteiger partial charge in [-0.1, -0.05) is 55.5 Å². The van der Waals surface area contributed by atoms with E-state index in [9.17, 15) is 8.42 Å². The largest absolute Gasteiger partial charge is 0.469 e. The molecular formula is C27H26N2O4S. The highest BCUT2D eigenvalue weighted by molar-refractivity contribution is 7.89. The molecule has 3 heterocycles. The van der Waals surface area contributed by atoms with Gasteiger partial charge in [0.1, 0.15) is 16.9 Å². The van der Waals surface area contributed by atoms with Gasteiger partial charge in [0.2, 0.25) is 0 Å². The second-order valence-electron chi connectivity index (χ2n) is 8.23. The van der Waals surface area contributed by atoms with E-state index in [1.807, 2.05) is 67.6 Å². The van der Waals surface area contributed by atoms with Crippen molar-refractivity contribution in [3.8, 4) is 0 Å². The number of hydrogen-bond donors (Lipinski definition) is 0. The molecule has 0 saturated heterocycles. The Labute approximate surface area is 199 Å². The molecule has 0 unspecified atom stereocenters. The van der Waals surface area contributed by atoms with E-state index in [0.29, 0.717) is 24.2 Å². The van der Waals surface area contributed by atoms with Gasteiger partial charge in [0.05, 0.1) is 17.5 Å². The molecule has 2 atom stereocenters. The van der Waals surface area contributed by atoms with Crippen LogP contribution in [0.4, 0.5) is 0 Å². The molecule has 0 radical (unpaired) electrons. The quantitative estimate of drug-likeness (QED) is 0.338. The van der Waals surface area contributed by atoms with Crippen molar-refractivity contribution in [3.05, 3.63) is 103 Å². The second-order valence-corrected chi connectivity index (χ2v) is 10.0. The minimum atomic E-state index is -4.01. The maximum absolute atomic E-state index is 14.3. The maximum atomic E-state index is 14.3. The first-order valence-electron chi connectivity index (χ1n) is 11.4. The lowest BCUT2D eigenvalue weighted by Gasteiger charge is -2.39. The van der Waals surface area contributed by atoms with Crippen LogP contribution in [0.5, 0.6) is 0 Å². The first kappa shape index (κ1) is 22.4. The fraction of sp³-hybridized carbons (Fsp3) is 0.222. The molecule has 0 saturated carbocycles. The van der Waals surface area contributed by atoms with Crippen LogP contribution in [-0.2, 0) is 14.8 Å². The predicted molar refractivity (Wildman–Crippen MR) is 131 cm³/mol. The van der Waals surface area contributed by atoms with E-state index < -0.39 is 16.3 Å². The zero-order valence-corrected chi connectivity index (χ0v) is 19.7. The summed E-state index contributed by atoms with van der Waals surface area (Å²) in [5.41, 5.74) is 1.81. The van der Waals surface area contributed by atoms with E-state index in [2.05, 4.69) is 4.98 Å².